The molecule has 3 heteroatoms. The molecule has 0 aromatic heterocycles. The van der Waals surface area contributed by atoms with Crippen molar-refractivity contribution in [3.05, 3.63) is 63.6 Å². The van der Waals surface area contributed by atoms with Gasteiger partial charge < -0.3 is 10.1 Å². The normalized spacial score (nSPS) is 32.9. The topological polar surface area (TPSA) is 21.3 Å². The van der Waals surface area contributed by atoms with E-state index in [1.165, 1.54) is 49.7 Å². The van der Waals surface area contributed by atoms with Gasteiger partial charge in [-0.1, -0.05) is 41.1 Å². The highest BCUT2D eigenvalue weighted by molar-refractivity contribution is 9.10. The van der Waals surface area contributed by atoms with Crippen molar-refractivity contribution >= 4 is 15.9 Å². The molecule has 0 spiro atoms. The van der Waals surface area contributed by atoms with Crippen LogP contribution in [0.3, 0.4) is 0 Å². The van der Waals surface area contributed by atoms with E-state index < -0.39 is 0 Å². The Morgan fingerprint density at radius 3 is 2.69 bits per heavy atom. The first-order valence-corrected chi connectivity index (χ1v) is 12.0. The van der Waals surface area contributed by atoms with Crippen LogP contribution in [0.1, 0.15) is 61.6 Å². The first kappa shape index (κ1) is 19.6. The molecule has 2 fully saturated rings. The van der Waals surface area contributed by atoms with E-state index in [2.05, 4.69) is 70.6 Å². The van der Waals surface area contributed by atoms with Gasteiger partial charge in [-0.2, -0.15) is 0 Å². The molecule has 2 nitrogen and oxygen atoms in total. The Morgan fingerprint density at radius 2 is 1.90 bits per heavy atom. The fraction of sp³-hybridized carbons (Fsp3) is 0.538. The zero-order valence-corrected chi connectivity index (χ0v) is 19.2. The molecule has 5 rings (SSSR count). The van der Waals surface area contributed by atoms with Crippen molar-refractivity contribution in [3.63, 3.8) is 0 Å². The van der Waals surface area contributed by atoms with E-state index in [0.29, 0.717) is 11.5 Å². The molecule has 2 aromatic rings. The average Bonchev–Trinajstić information content (AvgIpc) is 3.09. The lowest BCUT2D eigenvalue weighted by atomic mass is 9.55. The van der Waals surface area contributed by atoms with E-state index in [4.69, 9.17) is 4.74 Å². The van der Waals surface area contributed by atoms with Crippen LogP contribution in [0.15, 0.2) is 46.9 Å². The maximum absolute atomic E-state index is 5.47. The highest BCUT2D eigenvalue weighted by Gasteiger charge is 2.54. The number of hydrogen-bond acceptors (Lipinski definition) is 2. The minimum atomic E-state index is 0.445. The predicted octanol–water partition coefficient (Wildman–Crippen LogP) is 6.47. The van der Waals surface area contributed by atoms with Crippen molar-refractivity contribution in [2.75, 3.05) is 7.11 Å². The van der Waals surface area contributed by atoms with E-state index >= 15 is 0 Å². The highest BCUT2D eigenvalue weighted by Crippen LogP contribution is 2.61. The molecule has 5 atom stereocenters. The number of halogens is 1. The maximum Gasteiger partial charge on any atom is 0.119 e. The standard InChI is InChI=1S/C26H32BrNO/c1-26-14-13-22-21-10-8-20(29-2)15-18(21)5-9-23(22)24(26)11-12-25(26)28-16-17-3-6-19(27)7-4-17/h3-4,6-8,10,15,22-25,28H,5,9,11-14,16H2,1-2H3/t22-,23-,24+,25+,26+/m1/s1. The predicted molar refractivity (Wildman–Crippen MR) is 122 cm³/mol. The van der Waals surface area contributed by atoms with Crippen molar-refractivity contribution in [1.82, 2.24) is 5.32 Å². The molecule has 0 aliphatic heterocycles. The lowest BCUT2D eigenvalue weighted by Crippen LogP contribution is -2.48. The Hall–Kier alpha value is -1.32. The fourth-order valence-electron chi connectivity index (χ4n) is 6.86. The van der Waals surface area contributed by atoms with Crippen LogP contribution in [-0.2, 0) is 13.0 Å². The second-order valence-corrected chi connectivity index (χ2v) is 10.6. The lowest BCUT2D eigenvalue weighted by molar-refractivity contribution is 0.0408. The number of rotatable bonds is 4. The summed E-state index contributed by atoms with van der Waals surface area (Å²) in [7, 11) is 1.78. The van der Waals surface area contributed by atoms with Gasteiger partial charge in [-0.15, -0.1) is 0 Å². The third-order valence-electron chi connectivity index (χ3n) is 8.40. The van der Waals surface area contributed by atoms with Gasteiger partial charge in [0.1, 0.15) is 5.75 Å². The van der Waals surface area contributed by atoms with Crippen molar-refractivity contribution in [1.29, 1.82) is 0 Å². The summed E-state index contributed by atoms with van der Waals surface area (Å²) >= 11 is 3.54. The zero-order valence-electron chi connectivity index (χ0n) is 17.6. The molecule has 0 radical (unpaired) electrons. The van der Waals surface area contributed by atoms with Gasteiger partial charge in [-0.05, 0) is 103 Å². The van der Waals surface area contributed by atoms with Gasteiger partial charge in [-0.25, -0.2) is 0 Å². The summed E-state index contributed by atoms with van der Waals surface area (Å²) in [5.74, 6) is 3.49. The monoisotopic (exact) mass is 453 g/mol. The van der Waals surface area contributed by atoms with Crippen LogP contribution >= 0.6 is 15.9 Å². The van der Waals surface area contributed by atoms with Crippen LogP contribution in [0.5, 0.6) is 5.75 Å². The number of aryl methyl sites for hydroxylation is 1. The molecule has 0 bridgehead atoms. The maximum atomic E-state index is 5.47. The zero-order chi connectivity index (χ0) is 20.0. The largest absolute Gasteiger partial charge is 0.497 e. The fourth-order valence-corrected chi connectivity index (χ4v) is 7.13. The van der Waals surface area contributed by atoms with Crippen LogP contribution in [0.2, 0.25) is 0 Å². The SMILES string of the molecule is COc1ccc2c(c1)CC[C@@H]1[C@@H]2CC[C@]2(C)[C@@H](NCc3ccc(Br)cc3)CC[C@@H]12. The lowest BCUT2D eigenvalue weighted by Gasteiger charge is -2.51. The van der Waals surface area contributed by atoms with Gasteiger partial charge in [-0.3, -0.25) is 0 Å². The summed E-state index contributed by atoms with van der Waals surface area (Å²) < 4.78 is 6.63. The van der Waals surface area contributed by atoms with E-state index in [1.54, 1.807) is 12.7 Å². The second-order valence-electron chi connectivity index (χ2n) is 9.66. The summed E-state index contributed by atoms with van der Waals surface area (Å²) in [4.78, 5) is 0. The number of benzene rings is 2. The number of hydrogen-bond donors (Lipinski definition) is 1. The van der Waals surface area contributed by atoms with Crippen LogP contribution in [0.25, 0.3) is 0 Å². The Morgan fingerprint density at radius 1 is 1.07 bits per heavy atom. The number of fused-ring (bicyclic) bond motifs is 5. The molecule has 2 saturated carbocycles. The summed E-state index contributed by atoms with van der Waals surface area (Å²) in [6.07, 6.45) is 7.98. The first-order valence-electron chi connectivity index (χ1n) is 11.2. The van der Waals surface area contributed by atoms with Crippen molar-refractivity contribution in [2.45, 2.75) is 64.0 Å². The Balaban J connectivity index is 1.32. The molecule has 0 amide bonds. The molecular formula is C26H32BrNO. The van der Waals surface area contributed by atoms with Crippen LogP contribution < -0.4 is 10.1 Å². The molecule has 0 saturated heterocycles. The Bertz CT molecular complexity index is 879. The van der Waals surface area contributed by atoms with E-state index in [0.717, 1.165) is 34.5 Å². The Kier molecular flexibility index (Phi) is 5.24. The number of nitrogens with one attached hydrogen (secondary N) is 1. The summed E-state index contributed by atoms with van der Waals surface area (Å²) in [6, 6.07) is 16.2. The third-order valence-corrected chi connectivity index (χ3v) is 8.93. The molecule has 3 aliphatic rings. The van der Waals surface area contributed by atoms with Crippen LogP contribution in [-0.4, -0.2) is 13.2 Å². The number of methoxy groups -OCH3 is 1. The van der Waals surface area contributed by atoms with Gasteiger partial charge in [0.2, 0.25) is 0 Å². The molecule has 2 aromatic carbocycles. The van der Waals surface area contributed by atoms with E-state index in [-0.39, 0.29) is 0 Å². The van der Waals surface area contributed by atoms with Gasteiger partial charge in [0, 0.05) is 17.1 Å². The second kappa shape index (κ2) is 7.74. The molecule has 0 unspecified atom stereocenters. The minimum absolute atomic E-state index is 0.445. The van der Waals surface area contributed by atoms with Crippen molar-refractivity contribution in [2.24, 2.45) is 17.3 Å². The summed E-state index contributed by atoms with van der Waals surface area (Å²) in [5, 5.41) is 3.95. The minimum Gasteiger partial charge on any atom is -0.497 e. The molecular weight excluding hydrogens is 422 g/mol. The summed E-state index contributed by atoms with van der Waals surface area (Å²) in [6.45, 7) is 3.57. The van der Waals surface area contributed by atoms with Gasteiger partial charge in [0.05, 0.1) is 7.11 Å². The molecule has 0 heterocycles. The van der Waals surface area contributed by atoms with Crippen molar-refractivity contribution < 1.29 is 4.74 Å². The quantitative estimate of drug-likeness (QED) is 0.572. The van der Waals surface area contributed by atoms with E-state index in [1.807, 2.05) is 0 Å². The smallest absolute Gasteiger partial charge is 0.119 e. The third kappa shape index (κ3) is 3.45. The van der Waals surface area contributed by atoms with E-state index in [9.17, 15) is 0 Å². The summed E-state index contributed by atoms with van der Waals surface area (Å²) in [5.41, 5.74) is 4.99. The van der Waals surface area contributed by atoms with Crippen molar-refractivity contribution in [3.8, 4) is 5.75 Å². The highest BCUT2D eigenvalue weighted by atomic mass is 79.9. The average molecular weight is 454 g/mol. The molecule has 29 heavy (non-hydrogen) atoms. The molecule has 1 N–H and O–H groups in total. The van der Waals surface area contributed by atoms with Gasteiger partial charge >= 0.3 is 0 Å². The Labute approximate surface area is 183 Å². The number of ether oxygens (including phenoxy) is 1. The molecule has 154 valence electrons. The van der Waals surface area contributed by atoms with Gasteiger partial charge in [0.25, 0.3) is 0 Å². The van der Waals surface area contributed by atoms with Crippen LogP contribution in [0, 0.1) is 17.3 Å². The first-order chi connectivity index (χ1) is 14.1. The van der Waals surface area contributed by atoms with Crippen LogP contribution in [0.4, 0.5) is 0 Å². The molecule has 3 aliphatic carbocycles. The van der Waals surface area contributed by atoms with Gasteiger partial charge in [0.15, 0.2) is 0 Å².